The van der Waals surface area contributed by atoms with Gasteiger partial charge in [-0.2, -0.15) is 0 Å². The Labute approximate surface area is 97.3 Å². The zero-order chi connectivity index (χ0) is 12.9. The molecular weight excluding hydrogens is 208 g/mol. The summed E-state index contributed by atoms with van der Waals surface area (Å²) in [6.45, 7) is 7.43. The van der Waals surface area contributed by atoms with Gasteiger partial charge in [0.1, 0.15) is 12.0 Å². The van der Waals surface area contributed by atoms with Gasteiger partial charge in [0.25, 0.3) is 0 Å². The van der Waals surface area contributed by atoms with Crippen molar-refractivity contribution < 1.29 is 19.1 Å². The lowest BCUT2D eigenvalue weighted by molar-refractivity contribution is -0.155. The minimum absolute atomic E-state index is 0.0448. The van der Waals surface area contributed by atoms with Gasteiger partial charge >= 0.3 is 5.97 Å². The Morgan fingerprint density at radius 2 is 1.44 bits per heavy atom. The molecule has 0 N–H and O–H groups in total. The lowest BCUT2D eigenvalue weighted by Crippen LogP contribution is -2.40. The van der Waals surface area contributed by atoms with Crippen LogP contribution >= 0.6 is 0 Å². The van der Waals surface area contributed by atoms with E-state index >= 15 is 0 Å². The van der Waals surface area contributed by atoms with Crippen LogP contribution in [0.2, 0.25) is 0 Å². The first-order valence-corrected chi connectivity index (χ1v) is 5.51. The predicted octanol–water partition coefficient (Wildman–Crippen LogP) is 1.67. The maximum atomic E-state index is 12.1. The Bertz CT molecular complexity index is 245. The van der Waals surface area contributed by atoms with Crippen LogP contribution in [0, 0.1) is 17.8 Å². The van der Waals surface area contributed by atoms with E-state index < -0.39 is 18.0 Å². The smallest absolute Gasteiger partial charge is 0.316 e. The normalized spacial score (nSPS) is 15.0. The molecule has 0 saturated heterocycles. The first-order valence-electron chi connectivity index (χ1n) is 5.51. The van der Waals surface area contributed by atoms with Gasteiger partial charge in [-0.3, -0.25) is 9.59 Å². The molecule has 0 heterocycles. The number of Topliss-reactive ketones (excluding diaryl/α,β-unsaturated/α-hetero) is 1. The monoisotopic (exact) mass is 230 g/mol. The number of carbonyl (C=O) groups excluding carboxylic acids is 2. The van der Waals surface area contributed by atoms with Gasteiger partial charge in [-0.15, -0.1) is 0 Å². The first-order chi connectivity index (χ1) is 7.36. The molecule has 2 atom stereocenters. The van der Waals surface area contributed by atoms with Crippen LogP contribution in [-0.4, -0.2) is 32.1 Å². The van der Waals surface area contributed by atoms with Crippen LogP contribution < -0.4 is 0 Å². The number of rotatable bonds is 6. The summed E-state index contributed by atoms with van der Waals surface area (Å²) in [6.07, 6.45) is -0.550. The highest BCUT2D eigenvalue weighted by Gasteiger charge is 2.36. The summed E-state index contributed by atoms with van der Waals surface area (Å²) in [5, 5.41) is 0. The third-order valence-corrected chi connectivity index (χ3v) is 2.57. The molecule has 0 radical (unpaired) electrons. The molecule has 16 heavy (non-hydrogen) atoms. The van der Waals surface area contributed by atoms with E-state index in [1.54, 1.807) is 0 Å². The third-order valence-electron chi connectivity index (χ3n) is 2.57. The standard InChI is InChI=1S/C12H22O4/c1-7(2)9(12(14)16-6)10(13)11(15-5)8(3)4/h7-9,11H,1-6H3. The van der Waals surface area contributed by atoms with Gasteiger partial charge in [0, 0.05) is 7.11 Å². The van der Waals surface area contributed by atoms with Crippen molar-refractivity contribution in [2.45, 2.75) is 33.8 Å². The zero-order valence-electron chi connectivity index (χ0n) is 10.9. The van der Waals surface area contributed by atoms with E-state index in [0.29, 0.717) is 0 Å². The highest BCUT2D eigenvalue weighted by atomic mass is 16.5. The summed E-state index contributed by atoms with van der Waals surface area (Å²) in [7, 11) is 2.78. The van der Waals surface area contributed by atoms with Gasteiger partial charge in [-0.25, -0.2) is 0 Å². The first kappa shape index (κ1) is 15.1. The van der Waals surface area contributed by atoms with E-state index in [9.17, 15) is 9.59 Å². The molecule has 4 heteroatoms. The zero-order valence-corrected chi connectivity index (χ0v) is 10.9. The van der Waals surface area contributed by atoms with Crippen LogP contribution in [0.15, 0.2) is 0 Å². The molecule has 0 aliphatic carbocycles. The molecule has 0 aliphatic heterocycles. The van der Waals surface area contributed by atoms with Crippen LogP contribution in [0.1, 0.15) is 27.7 Å². The molecule has 0 spiro atoms. The van der Waals surface area contributed by atoms with E-state index in [0.717, 1.165) is 0 Å². The van der Waals surface area contributed by atoms with Crippen molar-refractivity contribution in [1.29, 1.82) is 0 Å². The fourth-order valence-electron chi connectivity index (χ4n) is 1.74. The second-order valence-corrected chi connectivity index (χ2v) is 4.55. The van der Waals surface area contributed by atoms with E-state index in [1.807, 2.05) is 27.7 Å². The molecule has 0 bridgehead atoms. The summed E-state index contributed by atoms with van der Waals surface area (Å²) < 4.78 is 9.80. The highest BCUT2D eigenvalue weighted by Crippen LogP contribution is 2.20. The Kier molecular flexibility index (Phi) is 6.26. The Morgan fingerprint density at radius 3 is 1.69 bits per heavy atom. The molecule has 0 amide bonds. The molecular formula is C12H22O4. The van der Waals surface area contributed by atoms with Gasteiger partial charge in [0.05, 0.1) is 7.11 Å². The summed E-state index contributed by atoms with van der Waals surface area (Å²) >= 11 is 0. The summed E-state index contributed by atoms with van der Waals surface area (Å²) in [6, 6.07) is 0. The Morgan fingerprint density at radius 1 is 0.938 bits per heavy atom. The number of esters is 1. The van der Waals surface area contributed by atoms with Crippen LogP contribution in [0.5, 0.6) is 0 Å². The van der Waals surface area contributed by atoms with Gasteiger partial charge in [0.2, 0.25) is 0 Å². The maximum absolute atomic E-state index is 12.1. The Hall–Kier alpha value is -0.900. The Balaban J connectivity index is 4.93. The van der Waals surface area contributed by atoms with Crippen LogP contribution in [0.25, 0.3) is 0 Å². The number of hydrogen-bond donors (Lipinski definition) is 0. The van der Waals surface area contributed by atoms with Crippen molar-refractivity contribution in [3.63, 3.8) is 0 Å². The van der Waals surface area contributed by atoms with Crippen LogP contribution in [0.4, 0.5) is 0 Å². The molecule has 0 aliphatic rings. The molecule has 0 aromatic rings. The third kappa shape index (κ3) is 3.59. The van der Waals surface area contributed by atoms with Crippen LogP contribution in [0.3, 0.4) is 0 Å². The number of hydrogen-bond acceptors (Lipinski definition) is 4. The van der Waals surface area contributed by atoms with Crippen molar-refractivity contribution in [2.24, 2.45) is 17.8 Å². The fraction of sp³-hybridized carbons (Fsp3) is 0.833. The van der Waals surface area contributed by atoms with Gasteiger partial charge in [0.15, 0.2) is 5.78 Å². The molecule has 4 nitrogen and oxygen atoms in total. The van der Waals surface area contributed by atoms with Crippen LogP contribution in [-0.2, 0) is 19.1 Å². The second-order valence-electron chi connectivity index (χ2n) is 4.55. The van der Waals surface area contributed by atoms with E-state index in [-0.39, 0.29) is 17.6 Å². The SMILES string of the molecule is COC(=O)C(C(=O)C(OC)C(C)C)C(C)C. The predicted molar refractivity (Wildman–Crippen MR) is 61.0 cm³/mol. The van der Waals surface area contributed by atoms with E-state index in [2.05, 4.69) is 4.74 Å². The van der Waals surface area contributed by atoms with Crippen molar-refractivity contribution in [3.05, 3.63) is 0 Å². The molecule has 0 rings (SSSR count). The molecule has 0 fully saturated rings. The average molecular weight is 230 g/mol. The lowest BCUT2D eigenvalue weighted by atomic mass is 9.85. The summed E-state index contributed by atoms with van der Waals surface area (Å²) in [5.41, 5.74) is 0. The number of ether oxygens (including phenoxy) is 2. The second kappa shape index (κ2) is 6.63. The summed E-state index contributed by atoms with van der Waals surface area (Å²) in [4.78, 5) is 23.7. The quantitative estimate of drug-likeness (QED) is 0.514. The van der Waals surface area contributed by atoms with Crippen molar-refractivity contribution >= 4 is 11.8 Å². The lowest BCUT2D eigenvalue weighted by Gasteiger charge is -2.24. The minimum Gasteiger partial charge on any atom is -0.468 e. The summed E-state index contributed by atoms with van der Waals surface area (Å²) in [5.74, 6) is -1.46. The number of ketones is 1. The molecule has 2 unspecified atom stereocenters. The van der Waals surface area contributed by atoms with Crippen molar-refractivity contribution in [3.8, 4) is 0 Å². The minimum atomic E-state index is -0.739. The van der Waals surface area contributed by atoms with Gasteiger partial charge < -0.3 is 9.47 Å². The van der Waals surface area contributed by atoms with E-state index in [1.165, 1.54) is 14.2 Å². The van der Waals surface area contributed by atoms with Gasteiger partial charge in [-0.1, -0.05) is 27.7 Å². The average Bonchev–Trinajstić information content (AvgIpc) is 2.17. The topological polar surface area (TPSA) is 52.6 Å². The van der Waals surface area contributed by atoms with E-state index in [4.69, 9.17) is 4.74 Å². The number of methoxy groups -OCH3 is 2. The maximum Gasteiger partial charge on any atom is 0.316 e. The molecule has 0 aromatic carbocycles. The highest BCUT2D eigenvalue weighted by molar-refractivity contribution is 6.01. The van der Waals surface area contributed by atoms with Crippen molar-refractivity contribution in [2.75, 3.05) is 14.2 Å². The molecule has 94 valence electrons. The van der Waals surface area contributed by atoms with Gasteiger partial charge in [-0.05, 0) is 11.8 Å². The largest absolute Gasteiger partial charge is 0.468 e. The molecule has 0 aromatic heterocycles. The van der Waals surface area contributed by atoms with Crippen molar-refractivity contribution in [1.82, 2.24) is 0 Å². The molecule has 0 saturated carbocycles. The fourth-order valence-corrected chi connectivity index (χ4v) is 1.74. The number of carbonyl (C=O) groups is 2.